The van der Waals surface area contributed by atoms with E-state index in [-0.39, 0.29) is 36.9 Å². The second kappa shape index (κ2) is 12.5. The lowest BCUT2D eigenvalue weighted by Crippen LogP contribution is -2.54. The topological polar surface area (TPSA) is 69.7 Å². The second-order valence-electron chi connectivity index (χ2n) is 11.3. The second-order valence-corrected chi connectivity index (χ2v) is 12.2. The fraction of sp³-hybridized carbons (Fsp3) is 0.286. The van der Waals surface area contributed by atoms with Gasteiger partial charge < -0.3 is 10.2 Å². The Kier molecular flexibility index (Phi) is 8.38. The lowest BCUT2D eigenvalue weighted by molar-refractivity contribution is -0.140. The summed E-state index contributed by atoms with van der Waals surface area (Å²) >= 11 is 3.55. The number of hydrogen-bond acceptors (Lipinski definition) is 3. The fourth-order valence-electron chi connectivity index (χ4n) is 6.29. The van der Waals surface area contributed by atoms with Crippen LogP contribution in [0.15, 0.2) is 95.5 Å². The summed E-state index contributed by atoms with van der Waals surface area (Å²) in [5.41, 5.74) is 3.21. The van der Waals surface area contributed by atoms with Gasteiger partial charge in [-0.05, 0) is 53.6 Å². The lowest BCUT2D eigenvalue weighted by atomic mass is 9.94. The Hall–Kier alpha value is -3.97. The monoisotopic (exact) mass is 623 g/mol. The number of nitrogens with one attached hydrogen (secondary N) is 1. The summed E-state index contributed by atoms with van der Waals surface area (Å²) < 4.78 is 0.899. The number of anilines is 1. The van der Waals surface area contributed by atoms with E-state index in [4.69, 9.17) is 0 Å². The number of carbonyl (C=O) groups excluding carboxylic acids is 3. The molecular weight excluding hydrogens is 590 g/mol. The van der Waals surface area contributed by atoms with Crippen molar-refractivity contribution in [2.24, 2.45) is 0 Å². The molecule has 0 radical (unpaired) electrons. The van der Waals surface area contributed by atoms with Crippen molar-refractivity contribution < 1.29 is 14.4 Å². The Morgan fingerprint density at radius 3 is 2.36 bits per heavy atom. The van der Waals surface area contributed by atoms with Gasteiger partial charge in [-0.2, -0.15) is 0 Å². The van der Waals surface area contributed by atoms with Crippen LogP contribution < -0.4 is 10.2 Å². The summed E-state index contributed by atoms with van der Waals surface area (Å²) in [6, 6.07) is 28.4. The quantitative estimate of drug-likeness (QED) is 0.227. The van der Waals surface area contributed by atoms with Crippen molar-refractivity contribution in [2.75, 3.05) is 11.4 Å². The van der Waals surface area contributed by atoms with E-state index >= 15 is 0 Å². The van der Waals surface area contributed by atoms with E-state index in [1.165, 1.54) is 6.42 Å². The number of hydrogen-bond donors (Lipinski definition) is 1. The number of amides is 3. The molecule has 2 aliphatic rings. The van der Waals surface area contributed by atoms with Crippen LogP contribution in [0, 0.1) is 0 Å². The molecule has 214 valence electrons. The molecule has 0 spiro atoms. The van der Waals surface area contributed by atoms with E-state index in [9.17, 15) is 14.4 Å². The zero-order valence-electron chi connectivity index (χ0n) is 23.5. The first-order chi connectivity index (χ1) is 20.5. The number of halogens is 1. The zero-order valence-corrected chi connectivity index (χ0v) is 25.1. The molecular formula is C35H34BrN3O3. The average Bonchev–Trinajstić information content (AvgIpc) is 3.28. The van der Waals surface area contributed by atoms with Crippen LogP contribution in [0.4, 0.5) is 5.69 Å². The molecule has 0 unspecified atom stereocenters. The van der Waals surface area contributed by atoms with Gasteiger partial charge in [-0.3, -0.25) is 19.3 Å². The van der Waals surface area contributed by atoms with Crippen LogP contribution in [-0.2, 0) is 22.6 Å². The van der Waals surface area contributed by atoms with Crippen molar-refractivity contribution in [3.63, 3.8) is 0 Å². The van der Waals surface area contributed by atoms with Crippen molar-refractivity contribution in [3.05, 3.63) is 112 Å². The Bertz CT molecular complexity index is 1610. The van der Waals surface area contributed by atoms with Crippen LogP contribution >= 0.6 is 15.9 Å². The van der Waals surface area contributed by atoms with Crippen molar-refractivity contribution in [1.29, 1.82) is 0 Å². The van der Waals surface area contributed by atoms with E-state index in [0.29, 0.717) is 12.0 Å². The summed E-state index contributed by atoms with van der Waals surface area (Å²) in [5, 5.41) is 5.12. The largest absolute Gasteiger partial charge is 0.352 e. The van der Waals surface area contributed by atoms with E-state index in [1.807, 2.05) is 91.0 Å². The Morgan fingerprint density at radius 2 is 1.60 bits per heavy atom. The average molecular weight is 625 g/mol. The molecule has 1 fully saturated rings. The lowest BCUT2D eigenvalue weighted by Gasteiger charge is -2.34. The van der Waals surface area contributed by atoms with Crippen LogP contribution in [0.2, 0.25) is 0 Å². The van der Waals surface area contributed by atoms with Gasteiger partial charge in [0.2, 0.25) is 11.8 Å². The number of benzene rings is 4. The van der Waals surface area contributed by atoms with Crippen LogP contribution in [-0.4, -0.2) is 41.2 Å². The molecule has 1 heterocycles. The third-order valence-electron chi connectivity index (χ3n) is 8.41. The van der Waals surface area contributed by atoms with Crippen LogP contribution in [0.3, 0.4) is 0 Å². The highest BCUT2D eigenvalue weighted by molar-refractivity contribution is 9.10. The Morgan fingerprint density at radius 1 is 0.881 bits per heavy atom. The minimum absolute atomic E-state index is 0.111. The third-order valence-corrected chi connectivity index (χ3v) is 8.90. The Labute approximate surface area is 254 Å². The van der Waals surface area contributed by atoms with E-state index in [0.717, 1.165) is 57.7 Å². The predicted molar refractivity (Wildman–Crippen MR) is 169 cm³/mol. The SMILES string of the molecule is O=C(NC1CCCCC1)[C@@H](Cc1ccccc1)N(Cc1cccc(Br)c1)C(=O)CN1C(=O)c2cccc3cccc1c23. The summed E-state index contributed by atoms with van der Waals surface area (Å²) in [4.78, 5) is 45.2. The zero-order chi connectivity index (χ0) is 29.1. The first-order valence-electron chi connectivity index (χ1n) is 14.7. The molecule has 4 aromatic carbocycles. The predicted octanol–water partition coefficient (Wildman–Crippen LogP) is 6.65. The van der Waals surface area contributed by atoms with Gasteiger partial charge in [-0.1, -0.05) is 102 Å². The van der Waals surface area contributed by atoms with Crippen molar-refractivity contribution in [2.45, 2.75) is 57.2 Å². The normalized spacial score (nSPS) is 15.5. The molecule has 0 saturated heterocycles. The first-order valence-corrected chi connectivity index (χ1v) is 15.5. The van der Waals surface area contributed by atoms with Gasteiger partial charge in [0.25, 0.3) is 5.91 Å². The molecule has 1 atom stereocenters. The molecule has 1 N–H and O–H groups in total. The maximum absolute atomic E-state index is 14.4. The molecule has 3 amide bonds. The minimum atomic E-state index is -0.739. The smallest absolute Gasteiger partial charge is 0.259 e. The maximum Gasteiger partial charge on any atom is 0.259 e. The summed E-state index contributed by atoms with van der Waals surface area (Å²) in [6.45, 7) is 0.0929. The van der Waals surface area contributed by atoms with Gasteiger partial charge >= 0.3 is 0 Å². The molecule has 1 aliphatic carbocycles. The number of carbonyl (C=O) groups is 3. The van der Waals surface area contributed by atoms with Crippen molar-refractivity contribution >= 4 is 50.1 Å². The molecule has 6 rings (SSSR count). The summed E-state index contributed by atoms with van der Waals surface area (Å²) in [6.07, 6.45) is 5.66. The highest BCUT2D eigenvalue weighted by Crippen LogP contribution is 2.37. The highest BCUT2D eigenvalue weighted by atomic mass is 79.9. The number of rotatable bonds is 9. The van der Waals surface area contributed by atoms with Crippen LogP contribution in [0.25, 0.3) is 10.8 Å². The minimum Gasteiger partial charge on any atom is -0.352 e. The molecule has 6 nitrogen and oxygen atoms in total. The Balaban J connectivity index is 1.35. The molecule has 42 heavy (non-hydrogen) atoms. The maximum atomic E-state index is 14.4. The van der Waals surface area contributed by atoms with Crippen molar-refractivity contribution in [3.8, 4) is 0 Å². The van der Waals surface area contributed by atoms with Gasteiger partial charge in [-0.15, -0.1) is 0 Å². The molecule has 7 heteroatoms. The highest BCUT2D eigenvalue weighted by Gasteiger charge is 2.36. The third kappa shape index (κ3) is 5.97. The van der Waals surface area contributed by atoms with Gasteiger partial charge in [0.05, 0.1) is 5.69 Å². The van der Waals surface area contributed by atoms with Crippen LogP contribution in [0.1, 0.15) is 53.6 Å². The standard InChI is InChI=1S/C35H34BrN3O3/c36-27-15-7-12-25(20-27)22-38(31(21-24-10-3-1-4-11-24)34(41)37-28-16-5-2-6-17-28)32(40)23-39-30-19-9-14-26-13-8-18-29(33(26)30)35(39)42/h1,3-4,7-15,18-20,28,31H,2,5-6,16-17,21-23H2,(H,37,41)/t31-/m1/s1. The molecule has 0 aromatic heterocycles. The van der Waals surface area contributed by atoms with Crippen LogP contribution in [0.5, 0.6) is 0 Å². The molecule has 1 saturated carbocycles. The number of nitrogens with zero attached hydrogens (tertiary/aromatic N) is 2. The van der Waals surface area contributed by atoms with Gasteiger partial charge in [-0.25, -0.2) is 0 Å². The molecule has 0 bridgehead atoms. The van der Waals surface area contributed by atoms with E-state index in [1.54, 1.807) is 9.80 Å². The van der Waals surface area contributed by atoms with E-state index in [2.05, 4.69) is 21.2 Å². The summed E-state index contributed by atoms with van der Waals surface area (Å²) in [7, 11) is 0. The van der Waals surface area contributed by atoms with Gasteiger partial charge in [0, 0.05) is 34.4 Å². The first kappa shape index (κ1) is 28.2. The molecule has 1 aliphatic heterocycles. The van der Waals surface area contributed by atoms with Gasteiger partial charge in [0.1, 0.15) is 12.6 Å². The molecule has 4 aromatic rings. The fourth-order valence-corrected chi connectivity index (χ4v) is 6.74. The van der Waals surface area contributed by atoms with E-state index < -0.39 is 6.04 Å². The van der Waals surface area contributed by atoms with Crippen molar-refractivity contribution in [1.82, 2.24) is 10.2 Å². The van der Waals surface area contributed by atoms with Gasteiger partial charge in [0.15, 0.2) is 0 Å². The summed E-state index contributed by atoms with van der Waals surface area (Å²) in [5.74, 6) is -0.607.